The van der Waals surface area contributed by atoms with Gasteiger partial charge in [-0.1, -0.05) is 36.4 Å². The van der Waals surface area contributed by atoms with E-state index < -0.39 is 0 Å². The molecule has 120 valence electrons. The Balaban J connectivity index is 1.91. The van der Waals surface area contributed by atoms with Gasteiger partial charge in [-0.05, 0) is 46.1 Å². The molecule has 0 aromatic heterocycles. The molecule has 0 aliphatic heterocycles. The van der Waals surface area contributed by atoms with E-state index in [1.807, 2.05) is 37.3 Å². The van der Waals surface area contributed by atoms with Crippen LogP contribution in [0.2, 0.25) is 0 Å². The zero-order chi connectivity index (χ0) is 16.8. The summed E-state index contributed by atoms with van der Waals surface area (Å²) in [6, 6.07) is 15.1. The van der Waals surface area contributed by atoms with Crippen LogP contribution >= 0.6 is 15.9 Å². The molecule has 0 atom stereocenters. The third kappa shape index (κ3) is 4.66. The Labute approximate surface area is 144 Å². The number of carbonyl (C=O) groups is 2. The predicted octanol–water partition coefficient (Wildman–Crippen LogP) is 3.15. The van der Waals surface area contributed by atoms with Crippen molar-refractivity contribution in [3.05, 3.63) is 69.7 Å². The zero-order valence-corrected chi connectivity index (χ0v) is 14.8. The second-order valence-corrected chi connectivity index (χ2v) is 6.19. The van der Waals surface area contributed by atoms with Crippen LogP contribution in [0.25, 0.3) is 0 Å². The highest BCUT2D eigenvalue weighted by atomic mass is 79.9. The molecular formula is C18H19BrN2O2. The van der Waals surface area contributed by atoms with E-state index in [2.05, 4.69) is 21.2 Å². The van der Waals surface area contributed by atoms with Gasteiger partial charge in [0, 0.05) is 18.1 Å². The molecule has 0 fully saturated rings. The summed E-state index contributed by atoms with van der Waals surface area (Å²) in [5.41, 5.74) is 2.76. The molecule has 4 nitrogen and oxygen atoms in total. The van der Waals surface area contributed by atoms with Gasteiger partial charge in [0.05, 0.1) is 12.1 Å². The second kappa shape index (κ2) is 7.92. The highest BCUT2D eigenvalue weighted by molar-refractivity contribution is 9.10. The number of nitrogens with zero attached hydrogens (tertiary/aromatic N) is 1. The Morgan fingerprint density at radius 1 is 1.09 bits per heavy atom. The molecule has 2 amide bonds. The summed E-state index contributed by atoms with van der Waals surface area (Å²) in [6.45, 7) is 2.52. The van der Waals surface area contributed by atoms with Crippen molar-refractivity contribution < 1.29 is 9.59 Å². The fraction of sp³-hybridized carbons (Fsp3) is 0.222. The first-order valence-electron chi connectivity index (χ1n) is 7.30. The first-order valence-corrected chi connectivity index (χ1v) is 8.09. The van der Waals surface area contributed by atoms with Crippen molar-refractivity contribution in [1.29, 1.82) is 0 Å². The average Bonchev–Trinajstić information content (AvgIpc) is 2.54. The smallest absolute Gasteiger partial charge is 0.252 e. The molecule has 23 heavy (non-hydrogen) atoms. The van der Waals surface area contributed by atoms with Gasteiger partial charge in [0.2, 0.25) is 5.91 Å². The molecule has 0 saturated carbocycles. The third-order valence-electron chi connectivity index (χ3n) is 3.61. The van der Waals surface area contributed by atoms with Crippen molar-refractivity contribution in [3.63, 3.8) is 0 Å². The molecule has 2 aromatic carbocycles. The maximum Gasteiger partial charge on any atom is 0.252 e. The van der Waals surface area contributed by atoms with E-state index in [-0.39, 0.29) is 18.4 Å². The number of nitrogens with one attached hydrogen (secondary N) is 1. The van der Waals surface area contributed by atoms with E-state index in [0.717, 1.165) is 11.1 Å². The van der Waals surface area contributed by atoms with Gasteiger partial charge in [-0.2, -0.15) is 0 Å². The molecule has 2 aromatic rings. The number of benzene rings is 2. The van der Waals surface area contributed by atoms with Crippen LogP contribution in [-0.2, 0) is 11.3 Å². The number of rotatable bonds is 5. The Hall–Kier alpha value is -2.14. The molecule has 0 saturated heterocycles. The lowest BCUT2D eigenvalue weighted by molar-refractivity contribution is -0.129. The molecule has 0 aliphatic rings. The van der Waals surface area contributed by atoms with Gasteiger partial charge in [-0.15, -0.1) is 0 Å². The van der Waals surface area contributed by atoms with E-state index in [9.17, 15) is 9.59 Å². The van der Waals surface area contributed by atoms with Gasteiger partial charge in [0.25, 0.3) is 5.91 Å². The van der Waals surface area contributed by atoms with Gasteiger partial charge >= 0.3 is 0 Å². The van der Waals surface area contributed by atoms with E-state index in [0.29, 0.717) is 16.6 Å². The summed E-state index contributed by atoms with van der Waals surface area (Å²) in [4.78, 5) is 25.9. The normalized spacial score (nSPS) is 10.2. The van der Waals surface area contributed by atoms with Crippen LogP contribution in [0.1, 0.15) is 21.5 Å². The Bertz CT molecular complexity index is 716. The lowest BCUT2D eigenvalue weighted by Crippen LogP contribution is -2.38. The fourth-order valence-corrected chi connectivity index (χ4v) is 2.63. The van der Waals surface area contributed by atoms with Gasteiger partial charge in [0.15, 0.2) is 0 Å². The Morgan fingerprint density at radius 2 is 1.74 bits per heavy atom. The number of aryl methyl sites for hydroxylation is 1. The first kappa shape index (κ1) is 17.2. The Kier molecular flexibility index (Phi) is 5.93. The average molecular weight is 375 g/mol. The van der Waals surface area contributed by atoms with Gasteiger partial charge in [-0.3, -0.25) is 9.59 Å². The summed E-state index contributed by atoms with van der Waals surface area (Å²) >= 11 is 3.33. The van der Waals surface area contributed by atoms with Crippen molar-refractivity contribution in [1.82, 2.24) is 10.2 Å². The lowest BCUT2D eigenvalue weighted by atomic mass is 10.1. The van der Waals surface area contributed by atoms with Crippen molar-refractivity contribution >= 4 is 27.7 Å². The molecule has 5 heteroatoms. The second-order valence-electron chi connectivity index (χ2n) is 5.34. The minimum absolute atomic E-state index is 0.0252. The number of carbonyl (C=O) groups excluding carboxylic acids is 2. The molecule has 0 spiro atoms. The number of likely N-dealkylation sites (N-methyl/N-ethyl adjacent to an activating group) is 1. The van der Waals surface area contributed by atoms with Gasteiger partial charge in [-0.25, -0.2) is 0 Å². The highest BCUT2D eigenvalue weighted by Crippen LogP contribution is 2.15. The van der Waals surface area contributed by atoms with Crippen LogP contribution in [0.15, 0.2) is 53.0 Å². The minimum Gasteiger partial charge on any atom is -0.343 e. The molecule has 1 N–H and O–H groups in total. The molecule has 0 heterocycles. The van der Waals surface area contributed by atoms with E-state index in [1.165, 1.54) is 0 Å². The van der Waals surface area contributed by atoms with Crippen molar-refractivity contribution in [2.24, 2.45) is 0 Å². The van der Waals surface area contributed by atoms with Crippen LogP contribution in [0.4, 0.5) is 0 Å². The third-order valence-corrected chi connectivity index (χ3v) is 4.30. The molecule has 0 radical (unpaired) electrons. The van der Waals surface area contributed by atoms with Gasteiger partial charge < -0.3 is 10.2 Å². The molecule has 2 rings (SSSR count). The standard InChI is InChI=1S/C18H19BrN2O2/c1-13-7-3-4-8-14(13)12-21(2)17(22)11-20-18(23)15-9-5-6-10-16(15)19/h3-10H,11-12H2,1-2H3,(H,20,23). The predicted molar refractivity (Wildman–Crippen MR) is 94.1 cm³/mol. The largest absolute Gasteiger partial charge is 0.343 e. The van der Waals surface area contributed by atoms with Crippen molar-refractivity contribution in [2.75, 3.05) is 13.6 Å². The minimum atomic E-state index is -0.268. The molecule has 0 aliphatic carbocycles. The summed E-state index contributed by atoms with van der Waals surface area (Å²) in [6.07, 6.45) is 0. The quantitative estimate of drug-likeness (QED) is 0.873. The highest BCUT2D eigenvalue weighted by Gasteiger charge is 2.14. The van der Waals surface area contributed by atoms with Gasteiger partial charge in [0.1, 0.15) is 0 Å². The number of amides is 2. The topological polar surface area (TPSA) is 49.4 Å². The zero-order valence-electron chi connectivity index (χ0n) is 13.2. The maximum absolute atomic E-state index is 12.2. The van der Waals surface area contributed by atoms with Crippen LogP contribution in [0, 0.1) is 6.92 Å². The number of halogens is 1. The van der Waals surface area contributed by atoms with E-state index in [4.69, 9.17) is 0 Å². The first-order chi connectivity index (χ1) is 11.0. The van der Waals surface area contributed by atoms with Crippen LogP contribution < -0.4 is 5.32 Å². The summed E-state index contributed by atoms with van der Waals surface area (Å²) in [5, 5.41) is 2.66. The lowest BCUT2D eigenvalue weighted by Gasteiger charge is -2.19. The molecule has 0 bridgehead atoms. The van der Waals surface area contributed by atoms with Crippen molar-refractivity contribution in [2.45, 2.75) is 13.5 Å². The SMILES string of the molecule is Cc1ccccc1CN(C)C(=O)CNC(=O)c1ccccc1Br. The number of hydrogen-bond acceptors (Lipinski definition) is 2. The Morgan fingerprint density at radius 3 is 2.43 bits per heavy atom. The fourth-order valence-electron chi connectivity index (χ4n) is 2.16. The molecule has 0 unspecified atom stereocenters. The van der Waals surface area contributed by atoms with Crippen LogP contribution in [0.5, 0.6) is 0 Å². The monoisotopic (exact) mass is 374 g/mol. The summed E-state index contributed by atoms with van der Waals surface area (Å²) in [7, 11) is 1.74. The summed E-state index contributed by atoms with van der Waals surface area (Å²) < 4.78 is 0.707. The number of hydrogen-bond donors (Lipinski definition) is 1. The van der Waals surface area contributed by atoms with Crippen LogP contribution in [0.3, 0.4) is 0 Å². The molecular weight excluding hydrogens is 356 g/mol. The summed E-state index contributed by atoms with van der Waals surface area (Å²) in [5.74, 6) is -0.399. The van der Waals surface area contributed by atoms with E-state index in [1.54, 1.807) is 30.1 Å². The van der Waals surface area contributed by atoms with E-state index >= 15 is 0 Å². The van der Waals surface area contributed by atoms with Crippen LogP contribution in [-0.4, -0.2) is 30.3 Å². The van der Waals surface area contributed by atoms with Crippen molar-refractivity contribution in [3.8, 4) is 0 Å². The maximum atomic E-state index is 12.2.